The first-order chi connectivity index (χ1) is 6.86. The summed E-state index contributed by atoms with van der Waals surface area (Å²) < 4.78 is 5.38. The fraction of sp³-hybridized carbons (Fsp3) is 0.500. The minimum Gasteiger partial charge on any atom is -0.375 e. The van der Waals surface area contributed by atoms with Gasteiger partial charge in [-0.3, -0.25) is 0 Å². The zero-order chi connectivity index (χ0) is 9.97. The van der Waals surface area contributed by atoms with Gasteiger partial charge in [0, 0.05) is 13.7 Å². The van der Waals surface area contributed by atoms with Crippen LogP contribution in [0, 0.1) is 0 Å². The van der Waals surface area contributed by atoms with Gasteiger partial charge in [0.15, 0.2) is 0 Å². The van der Waals surface area contributed by atoms with Crippen molar-refractivity contribution in [1.29, 1.82) is 0 Å². The van der Waals surface area contributed by atoms with Crippen LogP contribution in [0.1, 0.15) is 36.0 Å². The lowest BCUT2D eigenvalue weighted by Gasteiger charge is -2.17. The number of methoxy groups -OCH3 is 1. The first kappa shape index (κ1) is 9.69. The fourth-order valence-electron chi connectivity index (χ4n) is 1.92. The molecule has 1 aliphatic carbocycles. The highest BCUT2D eigenvalue weighted by Gasteiger charge is 2.27. The van der Waals surface area contributed by atoms with E-state index in [-0.39, 0.29) is 6.10 Å². The Bertz CT molecular complexity index is 303. The molecule has 1 aromatic rings. The highest BCUT2D eigenvalue weighted by molar-refractivity contribution is 5.35. The molecule has 2 heteroatoms. The van der Waals surface area contributed by atoms with Crippen LogP contribution in [0.5, 0.6) is 0 Å². The van der Waals surface area contributed by atoms with Crippen LogP contribution >= 0.6 is 0 Å². The summed E-state index contributed by atoms with van der Waals surface area (Å²) in [5, 5.41) is 0. The SMILES string of the molecule is COC(CN)c1ccccc1C1CC1. The van der Waals surface area contributed by atoms with Crippen molar-refractivity contribution in [2.45, 2.75) is 24.9 Å². The number of nitrogens with two attached hydrogens (primary N) is 1. The van der Waals surface area contributed by atoms with Gasteiger partial charge in [0.2, 0.25) is 0 Å². The Morgan fingerprint density at radius 2 is 2.14 bits per heavy atom. The minimum absolute atomic E-state index is 0.0619. The Kier molecular flexibility index (Phi) is 2.85. The van der Waals surface area contributed by atoms with Crippen molar-refractivity contribution in [3.8, 4) is 0 Å². The molecule has 1 fully saturated rings. The van der Waals surface area contributed by atoms with Crippen molar-refractivity contribution in [3.05, 3.63) is 35.4 Å². The topological polar surface area (TPSA) is 35.2 Å². The zero-order valence-corrected chi connectivity index (χ0v) is 8.57. The number of benzene rings is 1. The van der Waals surface area contributed by atoms with E-state index < -0.39 is 0 Å². The zero-order valence-electron chi connectivity index (χ0n) is 8.57. The molecule has 0 saturated heterocycles. The third-order valence-corrected chi connectivity index (χ3v) is 2.86. The van der Waals surface area contributed by atoms with Crippen molar-refractivity contribution in [2.24, 2.45) is 5.73 Å². The monoisotopic (exact) mass is 191 g/mol. The second-order valence-electron chi connectivity index (χ2n) is 3.86. The normalized spacial score (nSPS) is 18.1. The molecular weight excluding hydrogens is 174 g/mol. The Balaban J connectivity index is 2.29. The van der Waals surface area contributed by atoms with E-state index in [1.165, 1.54) is 24.0 Å². The van der Waals surface area contributed by atoms with Crippen LogP contribution in [0.25, 0.3) is 0 Å². The van der Waals surface area contributed by atoms with Gasteiger partial charge in [-0.05, 0) is 29.9 Å². The maximum atomic E-state index is 5.68. The highest BCUT2D eigenvalue weighted by Crippen LogP contribution is 2.43. The van der Waals surface area contributed by atoms with Gasteiger partial charge in [-0.2, -0.15) is 0 Å². The maximum absolute atomic E-state index is 5.68. The Morgan fingerprint density at radius 3 is 2.71 bits per heavy atom. The largest absolute Gasteiger partial charge is 0.375 e. The molecule has 14 heavy (non-hydrogen) atoms. The maximum Gasteiger partial charge on any atom is 0.0946 e. The van der Waals surface area contributed by atoms with Crippen LogP contribution in [0.2, 0.25) is 0 Å². The van der Waals surface area contributed by atoms with E-state index in [4.69, 9.17) is 10.5 Å². The quantitative estimate of drug-likeness (QED) is 0.792. The van der Waals surface area contributed by atoms with Gasteiger partial charge in [-0.25, -0.2) is 0 Å². The van der Waals surface area contributed by atoms with Gasteiger partial charge in [0.25, 0.3) is 0 Å². The Hall–Kier alpha value is -0.860. The minimum atomic E-state index is 0.0619. The fourth-order valence-corrected chi connectivity index (χ4v) is 1.92. The lowest BCUT2D eigenvalue weighted by molar-refractivity contribution is 0.110. The number of hydrogen-bond donors (Lipinski definition) is 1. The molecule has 1 unspecified atom stereocenters. The van der Waals surface area contributed by atoms with Crippen molar-refractivity contribution < 1.29 is 4.74 Å². The summed E-state index contributed by atoms with van der Waals surface area (Å²) >= 11 is 0. The van der Waals surface area contributed by atoms with Crippen molar-refractivity contribution in [3.63, 3.8) is 0 Å². The average molecular weight is 191 g/mol. The van der Waals surface area contributed by atoms with Gasteiger partial charge < -0.3 is 10.5 Å². The molecule has 0 aromatic heterocycles. The summed E-state index contributed by atoms with van der Waals surface area (Å²) in [6.45, 7) is 0.556. The molecule has 1 aliphatic rings. The van der Waals surface area contributed by atoms with E-state index >= 15 is 0 Å². The summed E-state index contributed by atoms with van der Waals surface area (Å²) in [6, 6.07) is 8.49. The summed E-state index contributed by atoms with van der Waals surface area (Å²) in [6.07, 6.45) is 2.70. The summed E-state index contributed by atoms with van der Waals surface area (Å²) in [7, 11) is 1.72. The molecular formula is C12H17NO. The third kappa shape index (κ3) is 1.81. The van der Waals surface area contributed by atoms with Gasteiger partial charge in [0.1, 0.15) is 0 Å². The third-order valence-electron chi connectivity index (χ3n) is 2.86. The molecule has 0 amide bonds. The highest BCUT2D eigenvalue weighted by atomic mass is 16.5. The molecule has 76 valence electrons. The van der Waals surface area contributed by atoms with E-state index in [2.05, 4.69) is 24.3 Å². The summed E-state index contributed by atoms with van der Waals surface area (Å²) in [5.74, 6) is 0.760. The molecule has 0 radical (unpaired) electrons. The van der Waals surface area contributed by atoms with Crippen molar-refractivity contribution in [2.75, 3.05) is 13.7 Å². The van der Waals surface area contributed by atoms with Gasteiger partial charge >= 0.3 is 0 Å². The van der Waals surface area contributed by atoms with Crippen LogP contribution in [-0.4, -0.2) is 13.7 Å². The molecule has 1 saturated carbocycles. The van der Waals surface area contributed by atoms with E-state index in [1.54, 1.807) is 7.11 Å². The van der Waals surface area contributed by atoms with Crippen molar-refractivity contribution >= 4 is 0 Å². The van der Waals surface area contributed by atoms with Crippen molar-refractivity contribution in [1.82, 2.24) is 0 Å². The van der Waals surface area contributed by atoms with Crippen LogP contribution in [0.3, 0.4) is 0 Å². The molecule has 0 heterocycles. The second kappa shape index (κ2) is 4.11. The summed E-state index contributed by atoms with van der Waals surface area (Å²) in [4.78, 5) is 0. The first-order valence-electron chi connectivity index (χ1n) is 5.18. The molecule has 1 atom stereocenters. The molecule has 1 aromatic carbocycles. The lowest BCUT2D eigenvalue weighted by Crippen LogP contribution is -2.15. The van der Waals surface area contributed by atoms with Gasteiger partial charge in [-0.15, -0.1) is 0 Å². The lowest BCUT2D eigenvalue weighted by atomic mass is 9.99. The molecule has 2 N–H and O–H groups in total. The predicted molar refractivity (Wildman–Crippen MR) is 57.2 cm³/mol. The number of rotatable bonds is 4. The Morgan fingerprint density at radius 1 is 1.43 bits per heavy atom. The number of ether oxygens (including phenoxy) is 1. The van der Waals surface area contributed by atoms with Crippen LogP contribution in [0.4, 0.5) is 0 Å². The van der Waals surface area contributed by atoms with Crippen LogP contribution in [0.15, 0.2) is 24.3 Å². The standard InChI is InChI=1S/C12H17NO/c1-14-12(8-13)11-5-3-2-4-10(11)9-6-7-9/h2-5,9,12H,6-8,13H2,1H3. The van der Waals surface area contributed by atoms with E-state index in [0.717, 1.165) is 5.92 Å². The molecule has 0 bridgehead atoms. The van der Waals surface area contributed by atoms with E-state index in [0.29, 0.717) is 6.54 Å². The summed E-state index contributed by atoms with van der Waals surface area (Å²) in [5.41, 5.74) is 8.39. The molecule has 2 rings (SSSR count). The second-order valence-corrected chi connectivity index (χ2v) is 3.86. The van der Waals surface area contributed by atoms with E-state index in [9.17, 15) is 0 Å². The molecule has 2 nitrogen and oxygen atoms in total. The molecule has 0 spiro atoms. The van der Waals surface area contributed by atoms with Crippen LogP contribution < -0.4 is 5.73 Å². The van der Waals surface area contributed by atoms with E-state index in [1.807, 2.05) is 0 Å². The van der Waals surface area contributed by atoms with Crippen LogP contribution in [-0.2, 0) is 4.74 Å². The van der Waals surface area contributed by atoms with Gasteiger partial charge in [-0.1, -0.05) is 24.3 Å². The predicted octanol–water partition coefficient (Wildman–Crippen LogP) is 2.21. The first-order valence-corrected chi connectivity index (χ1v) is 5.18. The smallest absolute Gasteiger partial charge is 0.0946 e. The molecule has 0 aliphatic heterocycles. The Labute approximate surface area is 85.1 Å². The number of hydrogen-bond acceptors (Lipinski definition) is 2. The average Bonchev–Trinajstić information content (AvgIpc) is 3.04. The van der Waals surface area contributed by atoms with Gasteiger partial charge in [0.05, 0.1) is 6.10 Å².